The molecule has 2 atom stereocenters. The Bertz CT molecular complexity index is 539. The van der Waals surface area contributed by atoms with Gasteiger partial charge in [0, 0.05) is 0 Å². The summed E-state index contributed by atoms with van der Waals surface area (Å²) in [6.07, 6.45) is 3.79. The third-order valence-corrected chi connectivity index (χ3v) is 4.85. The number of hydrogen-bond donors (Lipinski definition) is 0. The minimum absolute atomic E-state index is 0.387. The zero-order valence-electron chi connectivity index (χ0n) is 14.5. The van der Waals surface area contributed by atoms with Crippen LogP contribution in [0.5, 0.6) is 0 Å². The first-order valence-corrected chi connectivity index (χ1v) is 8.58. The smallest absolute Gasteiger partial charge is 0.0185 e. The highest BCUT2D eigenvalue weighted by Crippen LogP contribution is 2.37. The van der Waals surface area contributed by atoms with E-state index in [0.29, 0.717) is 17.3 Å². The van der Waals surface area contributed by atoms with Gasteiger partial charge in [-0.2, -0.15) is 0 Å². The molecule has 0 aliphatic rings. The molecule has 0 nitrogen and oxygen atoms in total. The van der Waals surface area contributed by atoms with Gasteiger partial charge in [-0.25, -0.2) is 0 Å². The van der Waals surface area contributed by atoms with Crippen molar-refractivity contribution in [3.8, 4) is 0 Å². The van der Waals surface area contributed by atoms with E-state index >= 15 is 0 Å². The van der Waals surface area contributed by atoms with Crippen molar-refractivity contribution in [3.05, 3.63) is 71.8 Å². The van der Waals surface area contributed by atoms with Crippen LogP contribution in [0.3, 0.4) is 0 Å². The lowest BCUT2D eigenvalue weighted by atomic mass is 9.76. The SMILES string of the molecule is CC(CCC(C)(C)CC(C)c1ccccc1)c1ccccc1. The molecular weight excluding hydrogens is 264 g/mol. The number of rotatable bonds is 7. The van der Waals surface area contributed by atoms with E-state index in [1.165, 1.54) is 30.4 Å². The van der Waals surface area contributed by atoms with Crippen LogP contribution in [0.4, 0.5) is 0 Å². The fourth-order valence-corrected chi connectivity index (χ4v) is 3.39. The Morgan fingerprint density at radius 1 is 0.727 bits per heavy atom. The van der Waals surface area contributed by atoms with E-state index in [1.807, 2.05) is 0 Å². The monoisotopic (exact) mass is 294 g/mol. The maximum Gasteiger partial charge on any atom is -0.0185 e. The van der Waals surface area contributed by atoms with Crippen molar-refractivity contribution in [1.29, 1.82) is 0 Å². The summed E-state index contributed by atoms with van der Waals surface area (Å²) in [5, 5.41) is 0. The molecule has 2 aromatic rings. The largest absolute Gasteiger partial charge is 0.0622 e. The molecule has 0 N–H and O–H groups in total. The van der Waals surface area contributed by atoms with E-state index in [4.69, 9.17) is 0 Å². The predicted molar refractivity (Wildman–Crippen MR) is 97.3 cm³/mol. The van der Waals surface area contributed by atoms with Crippen LogP contribution in [0.1, 0.15) is 69.9 Å². The molecule has 0 aromatic heterocycles. The second-order valence-corrected chi connectivity index (χ2v) is 7.53. The van der Waals surface area contributed by atoms with Gasteiger partial charge in [0.15, 0.2) is 0 Å². The van der Waals surface area contributed by atoms with Crippen molar-refractivity contribution >= 4 is 0 Å². The highest BCUT2D eigenvalue weighted by Gasteiger charge is 2.22. The van der Waals surface area contributed by atoms with Crippen LogP contribution in [-0.2, 0) is 0 Å². The van der Waals surface area contributed by atoms with Gasteiger partial charge in [0.1, 0.15) is 0 Å². The zero-order chi connectivity index (χ0) is 16.0. The zero-order valence-corrected chi connectivity index (χ0v) is 14.5. The van der Waals surface area contributed by atoms with Gasteiger partial charge in [-0.15, -0.1) is 0 Å². The molecule has 2 aromatic carbocycles. The van der Waals surface area contributed by atoms with Crippen molar-refractivity contribution in [2.24, 2.45) is 5.41 Å². The third-order valence-electron chi connectivity index (χ3n) is 4.85. The van der Waals surface area contributed by atoms with E-state index in [9.17, 15) is 0 Å². The standard InChI is InChI=1S/C22H30/c1-18(20-11-7-5-8-12-20)15-16-22(3,4)17-19(2)21-13-9-6-10-14-21/h5-14,18-19H,15-17H2,1-4H3. The Morgan fingerprint density at radius 2 is 1.18 bits per heavy atom. The summed E-state index contributed by atoms with van der Waals surface area (Å²) in [6, 6.07) is 21.8. The number of hydrogen-bond acceptors (Lipinski definition) is 0. The molecular formula is C22H30. The Hall–Kier alpha value is -1.56. The van der Waals surface area contributed by atoms with Gasteiger partial charge in [-0.05, 0) is 47.6 Å². The minimum atomic E-state index is 0.387. The van der Waals surface area contributed by atoms with E-state index < -0.39 is 0 Å². The van der Waals surface area contributed by atoms with E-state index in [1.54, 1.807) is 0 Å². The van der Waals surface area contributed by atoms with Crippen LogP contribution in [0.15, 0.2) is 60.7 Å². The van der Waals surface area contributed by atoms with Gasteiger partial charge in [-0.1, -0.05) is 88.4 Å². The molecule has 0 bridgehead atoms. The van der Waals surface area contributed by atoms with Crippen molar-refractivity contribution in [2.75, 3.05) is 0 Å². The molecule has 0 spiro atoms. The summed E-state index contributed by atoms with van der Waals surface area (Å²) in [7, 11) is 0. The first kappa shape index (κ1) is 16.8. The predicted octanol–water partition coefficient (Wildman–Crippen LogP) is 6.79. The quantitative estimate of drug-likeness (QED) is 0.527. The molecule has 0 radical (unpaired) electrons. The summed E-state index contributed by atoms with van der Waals surface area (Å²) in [5.74, 6) is 1.27. The summed E-state index contributed by atoms with van der Waals surface area (Å²) >= 11 is 0. The number of benzene rings is 2. The summed E-state index contributed by atoms with van der Waals surface area (Å²) in [4.78, 5) is 0. The molecule has 0 aliphatic carbocycles. The Balaban J connectivity index is 1.88. The van der Waals surface area contributed by atoms with Crippen LogP contribution in [0, 0.1) is 5.41 Å². The summed E-state index contributed by atoms with van der Waals surface area (Å²) in [6.45, 7) is 9.55. The van der Waals surface area contributed by atoms with Gasteiger partial charge in [0.2, 0.25) is 0 Å². The fraction of sp³-hybridized carbons (Fsp3) is 0.455. The summed E-state index contributed by atoms with van der Waals surface area (Å²) < 4.78 is 0. The van der Waals surface area contributed by atoms with Crippen LogP contribution < -0.4 is 0 Å². The Kier molecular flexibility index (Phi) is 5.83. The highest BCUT2D eigenvalue weighted by molar-refractivity contribution is 5.20. The van der Waals surface area contributed by atoms with Crippen molar-refractivity contribution < 1.29 is 0 Å². The average molecular weight is 294 g/mol. The molecule has 2 rings (SSSR count). The lowest BCUT2D eigenvalue weighted by Crippen LogP contribution is -2.16. The highest BCUT2D eigenvalue weighted by atomic mass is 14.3. The molecule has 0 amide bonds. The maximum absolute atomic E-state index is 2.42. The van der Waals surface area contributed by atoms with E-state index in [0.717, 1.165) is 0 Å². The first-order chi connectivity index (χ1) is 10.5. The average Bonchev–Trinajstić information content (AvgIpc) is 2.54. The van der Waals surface area contributed by atoms with Crippen LogP contribution in [0.25, 0.3) is 0 Å². The lowest BCUT2D eigenvalue weighted by molar-refractivity contribution is 0.272. The molecule has 0 aliphatic heterocycles. The van der Waals surface area contributed by atoms with Gasteiger partial charge < -0.3 is 0 Å². The van der Waals surface area contributed by atoms with Crippen molar-refractivity contribution in [2.45, 2.75) is 58.8 Å². The molecule has 0 heterocycles. The maximum atomic E-state index is 2.42. The molecule has 0 fully saturated rings. The molecule has 22 heavy (non-hydrogen) atoms. The molecule has 2 unspecified atom stereocenters. The second-order valence-electron chi connectivity index (χ2n) is 7.53. The van der Waals surface area contributed by atoms with Crippen molar-refractivity contribution in [3.63, 3.8) is 0 Å². The topological polar surface area (TPSA) is 0 Å². The minimum Gasteiger partial charge on any atom is -0.0622 e. The third kappa shape index (κ3) is 5.02. The summed E-state index contributed by atoms with van der Waals surface area (Å²) in [5.41, 5.74) is 3.32. The van der Waals surface area contributed by atoms with Gasteiger partial charge >= 0.3 is 0 Å². The lowest BCUT2D eigenvalue weighted by Gasteiger charge is -2.29. The van der Waals surface area contributed by atoms with Crippen LogP contribution in [0.2, 0.25) is 0 Å². The van der Waals surface area contributed by atoms with E-state index in [2.05, 4.69) is 88.4 Å². The van der Waals surface area contributed by atoms with Crippen LogP contribution >= 0.6 is 0 Å². The normalized spacial score (nSPS) is 14.5. The molecule has 118 valence electrons. The Morgan fingerprint density at radius 3 is 1.68 bits per heavy atom. The van der Waals surface area contributed by atoms with E-state index in [-0.39, 0.29) is 0 Å². The Labute approximate surface area is 136 Å². The second kappa shape index (κ2) is 7.63. The van der Waals surface area contributed by atoms with Gasteiger partial charge in [-0.3, -0.25) is 0 Å². The van der Waals surface area contributed by atoms with Crippen LogP contribution in [-0.4, -0.2) is 0 Å². The molecule has 0 heteroatoms. The molecule has 0 saturated heterocycles. The first-order valence-electron chi connectivity index (χ1n) is 8.58. The fourth-order valence-electron chi connectivity index (χ4n) is 3.39. The van der Waals surface area contributed by atoms with Gasteiger partial charge in [0.05, 0.1) is 0 Å². The molecule has 0 saturated carbocycles. The van der Waals surface area contributed by atoms with Gasteiger partial charge in [0.25, 0.3) is 0 Å². The van der Waals surface area contributed by atoms with Crippen molar-refractivity contribution in [1.82, 2.24) is 0 Å².